The molecule has 0 bridgehead atoms. The highest BCUT2D eigenvalue weighted by atomic mass is 79.9. The van der Waals surface area contributed by atoms with E-state index in [0.29, 0.717) is 6.04 Å². The summed E-state index contributed by atoms with van der Waals surface area (Å²) in [5.74, 6) is 0. The van der Waals surface area contributed by atoms with Crippen molar-refractivity contribution in [3.8, 4) is 0 Å². The van der Waals surface area contributed by atoms with E-state index in [-0.39, 0.29) is 12.1 Å². The number of aromatic nitrogens is 2. The van der Waals surface area contributed by atoms with Crippen LogP contribution in [0.25, 0.3) is 0 Å². The van der Waals surface area contributed by atoms with Gasteiger partial charge in [-0.2, -0.15) is 5.10 Å². The van der Waals surface area contributed by atoms with Crippen LogP contribution in [0.5, 0.6) is 0 Å². The molecule has 18 heavy (non-hydrogen) atoms. The van der Waals surface area contributed by atoms with Crippen molar-refractivity contribution in [3.63, 3.8) is 0 Å². The zero-order chi connectivity index (χ0) is 13.1. The highest BCUT2D eigenvalue weighted by Gasteiger charge is 2.29. The molecule has 1 N–H and O–H groups in total. The van der Waals surface area contributed by atoms with Gasteiger partial charge in [-0.3, -0.25) is 4.68 Å². The third-order valence-corrected chi connectivity index (χ3v) is 4.08. The molecular weight excluding hydrogens is 294 g/mol. The van der Waals surface area contributed by atoms with Gasteiger partial charge < -0.3 is 10.1 Å². The molecule has 1 aromatic rings. The molecule has 1 aliphatic rings. The number of hydrogen-bond acceptors (Lipinski definition) is 3. The number of likely N-dealkylation sites (N-methyl/N-ethyl adjacent to an activating group) is 1. The Balaban J connectivity index is 2.28. The van der Waals surface area contributed by atoms with Gasteiger partial charge in [-0.05, 0) is 56.1 Å². The maximum absolute atomic E-state index is 5.92. The van der Waals surface area contributed by atoms with Crippen molar-refractivity contribution in [2.75, 3.05) is 13.7 Å². The lowest BCUT2D eigenvalue weighted by molar-refractivity contribution is -0.00874. The minimum atomic E-state index is 0.199. The molecule has 2 atom stereocenters. The van der Waals surface area contributed by atoms with Crippen molar-refractivity contribution in [2.45, 2.75) is 51.3 Å². The van der Waals surface area contributed by atoms with Gasteiger partial charge in [0.2, 0.25) is 0 Å². The summed E-state index contributed by atoms with van der Waals surface area (Å²) in [4.78, 5) is 0. The molecule has 4 nitrogen and oxygen atoms in total. The number of rotatable bonds is 4. The summed E-state index contributed by atoms with van der Waals surface area (Å²) in [6.45, 7) is 5.17. The molecule has 1 fully saturated rings. The van der Waals surface area contributed by atoms with Gasteiger partial charge in [0.1, 0.15) is 0 Å². The maximum atomic E-state index is 5.92. The van der Waals surface area contributed by atoms with Crippen molar-refractivity contribution in [2.24, 2.45) is 0 Å². The van der Waals surface area contributed by atoms with Crippen molar-refractivity contribution in [3.05, 3.63) is 16.4 Å². The number of hydrogen-bond donors (Lipinski definition) is 1. The van der Waals surface area contributed by atoms with E-state index >= 15 is 0 Å². The first-order chi connectivity index (χ1) is 8.65. The summed E-state index contributed by atoms with van der Waals surface area (Å²) < 4.78 is 9.05. The standard InChI is InChI=1S/C13H22BrN3O/c1-9(2)17-13(10(14)8-16-17)12(15-3)11-6-4-5-7-18-11/h8-9,11-12,15H,4-7H2,1-3H3. The average molecular weight is 316 g/mol. The van der Waals surface area contributed by atoms with E-state index < -0.39 is 0 Å². The van der Waals surface area contributed by atoms with E-state index in [0.717, 1.165) is 17.5 Å². The molecule has 1 saturated heterocycles. The number of halogens is 1. The Bertz CT molecular complexity index is 386. The first-order valence-corrected chi connectivity index (χ1v) is 7.46. The van der Waals surface area contributed by atoms with Crippen molar-refractivity contribution in [1.29, 1.82) is 0 Å². The van der Waals surface area contributed by atoms with Crippen LogP contribution >= 0.6 is 15.9 Å². The van der Waals surface area contributed by atoms with E-state index in [1.165, 1.54) is 18.5 Å². The minimum Gasteiger partial charge on any atom is -0.376 e. The molecule has 2 heterocycles. The fourth-order valence-electron chi connectivity index (χ4n) is 2.58. The number of ether oxygens (including phenoxy) is 1. The van der Waals surface area contributed by atoms with Crippen molar-refractivity contribution < 1.29 is 4.74 Å². The zero-order valence-electron chi connectivity index (χ0n) is 11.3. The molecule has 0 aliphatic carbocycles. The highest BCUT2D eigenvalue weighted by molar-refractivity contribution is 9.10. The third-order valence-electron chi connectivity index (χ3n) is 3.47. The van der Waals surface area contributed by atoms with Gasteiger partial charge in [0, 0.05) is 12.6 Å². The molecular formula is C13H22BrN3O. The summed E-state index contributed by atoms with van der Waals surface area (Å²) in [5.41, 5.74) is 1.19. The summed E-state index contributed by atoms with van der Waals surface area (Å²) in [6.07, 6.45) is 5.66. The van der Waals surface area contributed by atoms with E-state index in [1.54, 1.807) is 0 Å². The second kappa shape index (κ2) is 6.17. The Labute approximate surface area is 117 Å². The quantitative estimate of drug-likeness (QED) is 0.928. The van der Waals surface area contributed by atoms with E-state index in [4.69, 9.17) is 4.74 Å². The molecule has 0 aromatic carbocycles. The van der Waals surface area contributed by atoms with Gasteiger partial charge in [0.25, 0.3) is 0 Å². The van der Waals surface area contributed by atoms with Crippen LogP contribution in [-0.2, 0) is 4.74 Å². The lowest BCUT2D eigenvalue weighted by Gasteiger charge is -2.31. The van der Waals surface area contributed by atoms with Crippen LogP contribution in [0.2, 0.25) is 0 Å². The van der Waals surface area contributed by atoms with Crippen molar-refractivity contribution in [1.82, 2.24) is 15.1 Å². The lowest BCUT2D eigenvalue weighted by Crippen LogP contribution is -2.36. The van der Waals surface area contributed by atoms with Crippen LogP contribution in [0.4, 0.5) is 0 Å². The monoisotopic (exact) mass is 315 g/mol. The van der Waals surface area contributed by atoms with Gasteiger partial charge in [-0.25, -0.2) is 0 Å². The predicted molar refractivity (Wildman–Crippen MR) is 75.7 cm³/mol. The summed E-state index contributed by atoms with van der Waals surface area (Å²) in [6, 6.07) is 0.551. The minimum absolute atomic E-state index is 0.199. The summed E-state index contributed by atoms with van der Waals surface area (Å²) in [7, 11) is 1.99. The van der Waals surface area contributed by atoms with Crippen LogP contribution < -0.4 is 5.32 Å². The Morgan fingerprint density at radius 2 is 2.28 bits per heavy atom. The zero-order valence-corrected chi connectivity index (χ0v) is 12.9. The molecule has 0 amide bonds. The average Bonchev–Trinajstić information content (AvgIpc) is 2.74. The fourth-order valence-corrected chi connectivity index (χ4v) is 3.10. The highest BCUT2D eigenvalue weighted by Crippen LogP contribution is 2.32. The van der Waals surface area contributed by atoms with Gasteiger partial charge in [-0.15, -0.1) is 0 Å². The Kier molecular flexibility index (Phi) is 4.81. The van der Waals surface area contributed by atoms with E-state index in [1.807, 2.05) is 13.2 Å². The Morgan fingerprint density at radius 3 is 2.83 bits per heavy atom. The topological polar surface area (TPSA) is 39.1 Å². The van der Waals surface area contributed by atoms with Crippen LogP contribution in [0.15, 0.2) is 10.7 Å². The third kappa shape index (κ3) is 2.78. The number of nitrogens with zero attached hydrogens (tertiary/aromatic N) is 2. The molecule has 0 radical (unpaired) electrons. The lowest BCUT2D eigenvalue weighted by atomic mass is 9.99. The van der Waals surface area contributed by atoms with Gasteiger partial charge in [0.05, 0.1) is 28.5 Å². The molecule has 0 saturated carbocycles. The first-order valence-electron chi connectivity index (χ1n) is 6.67. The molecule has 5 heteroatoms. The number of nitrogens with one attached hydrogen (secondary N) is 1. The van der Waals surface area contributed by atoms with Crippen LogP contribution in [0.3, 0.4) is 0 Å². The van der Waals surface area contributed by atoms with Gasteiger partial charge in [-0.1, -0.05) is 0 Å². The Hall–Kier alpha value is -0.390. The maximum Gasteiger partial charge on any atom is 0.0785 e. The van der Waals surface area contributed by atoms with Crippen LogP contribution in [0, 0.1) is 0 Å². The molecule has 102 valence electrons. The molecule has 0 spiro atoms. The summed E-state index contributed by atoms with van der Waals surface area (Å²) >= 11 is 3.61. The normalized spacial score (nSPS) is 22.4. The smallest absolute Gasteiger partial charge is 0.0785 e. The molecule has 1 aliphatic heterocycles. The first kappa shape index (κ1) is 14.0. The van der Waals surface area contributed by atoms with Crippen LogP contribution in [0.1, 0.15) is 50.9 Å². The summed E-state index contributed by atoms with van der Waals surface area (Å²) in [5, 5.41) is 7.85. The predicted octanol–water partition coefficient (Wildman–Crippen LogP) is 3.06. The van der Waals surface area contributed by atoms with E-state index in [2.05, 4.69) is 44.9 Å². The van der Waals surface area contributed by atoms with Gasteiger partial charge >= 0.3 is 0 Å². The molecule has 1 aromatic heterocycles. The van der Waals surface area contributed by atoms with Crippen LogP contribution in [-0.4, -0.2) is 29.5 Å². The van der Waals surface area contributed by atoms with Crippen molar-refractivity contribution >= 4 is 15.9 Å². The SMILES string of the molecule is CNC(c1c(Br)cnn1C(C)C)C1CCCCO1. The van der Waals surface area contributed by atoms with E-state index in [9.17, 15) is 0 Å². The molecule has 2 rings (SSSR count). The molecule has 2 unspecified atom stereocenters. The largest absolute Gasteiger partial charge is 0.376 e. The Morgan fingerprint density at radius 1 is 1.50 bits per heavy atom. The fraction of sp³-hybridized carbons (Fsp3) is 0.769. The second-order valence-electron chi connectivity index (χ2n) is 5.09. The van der Waals surface area contributed by atoms with Gasteiger partial charge in [0.15, 0.2) is 0 Å². The second-order valence-corrected chi connectivity index (χ2v) is 5.94.